The summed E-state index contributed by atoms with van der Waals surface area (Å²) in [4.78, 5) is 11.6. The first-order valence-electron chi connectivity index (χ1n) is 6.00. The fourth-order valence-corrected chi connectivity index (χ4v) is 1.52. The maximum Gasteiger partial charge on any atom is 0.362 e. The summed E-state index contributed by atoms with van der Waals surface area (Å²) in [6.07, 6.45) is 0. The molecule has 0 saturated carbocycles. The van der Waals surface area contributed by atoms with Gasteiger partial charge in [-0.05, 0) is 26.0 Å². The molecule has 1 aliphatic rings. The highest BCUT2D eigenvalue weighted by molar-refractivity contribution is 5.88. The first-order valence-corrected chi connectivity index (χ1v) is 6.00. The third-order valence-electron chi connectivity index (χ3n) is 2.43. The normalized spacial score (nSPS) is 14.3. The molecule has 0 spiro atoms. The summed E-state index contributed by atoms with van der Waals surface area (Å²) >= 11 is 0. The quantitative estimate of drug-likeness (QED) is 0.396. The molecule has 0 amide bonds. The number of fused-ring (bicyclic) bond motifs is 1. The Balaban J connectivity index is 2.19. The Morgan fingerprint density at radius 2 is 2.15 bits per heavy atom. The van der Waals surface area contributed by atoms with Gasteiger partial charge < -0.3 is 19.3 Å². The van der Waals surface area contributed by atoms with Gasteiger partial charge in [-0.3, -0.25) is 0 Å². The molecular weight excluding hydrogens is 264 g/mol. The van der Waals surface area contributed by atoms with Crippen molar-refractivity contribution in [2.24, 2.45) is 10.2 Å². The number of esters is 1. The van der Waals surface area contributed by atoms with Crippen LogP contribution in [0.3, 0.4) is 0 Å². The number of carbonyl (C=O) groups is 1. The zero-order chi connectivity index (χ0) is 14.5. The summed E-state index contributed by atoms with van der Waals surface area (Å²) in [5.41, 5.74) is 0.238. The monoisotopic (exact) mass is 278 g/mol. The van der Waals surface area contributed by atoms with Crippen molar-refractivity contribution < 1.29 is 24.1 Å². The van der Waals surface area contributed by atoms with Crippen molar-refractivity contribution in [3.05, 3.63) is 29.7 Å². The fraction of sp³-hybridized carbons (Fsp3) is 0.308. The van der Waals surface area contributed by atoms with Gasteiger partial charge in [0.05, 0.1) is 12.3 Å². The number of carbonyl (C=O) groups excluding carboxylic acids is 1. The minimum absolute atomic E-state index is 0.166. The average molecular weight is 278 g/mol. The second kappa shape index (κ2) is 6.05. The molecule has 1 aromatic carbocycles. The number of azo groups is 1. The van der Waals surface area contributed by atoms with Crippen molar-refractivity contribution in [2.45, 2.75) is 13.8 Å². The molecule has 0 radical (unpaired) electrons. The topological polar surface area (TPSA) is 89.7 Å². The molecule has 106 valence electrons. The molecule has 20 heavy (non-hydrogen) atoms. The van der Waals surface area contributed by atoms with E-state index in [4.69, 9.17) is 14.2 Å². The van der Waals surface area contributed by atoms with E-state index in [1.54, 1.807) is 25.1 Å². The number of aliphatic hydroxyl groups excluding tert-OH is 1. The Morgan fingerprint density at radius 3 is 2.85 bits per heavy atom. The van der Waals surface area contributed by atoms with Gasteiger partial charge >= 0.3 is 5.97 Å². The lowest BCUT2D eigenvalue weighted by Gasteiger charge is -2.02. The number of aliphatic hydroxyl groups is 1. The molecule has 0 unspecified atom stereocenters. The number of rotatable bonds is 4. The third kappa shape index (κ3) is 3.05. The Hall–Kier alpha value is -2.57. The summed E-state index contributed by atoms with van der Waals surface area (Å²) in [5.74, 6) is 0.206. The zero-order valence-corrected chi connectivity index (χ0v) is 11.1. The van der Waals surface area contributed by atoms with Crippen LogP contribution in [0.1, 0.15) is 13.8 Å². The Labute approximate surface area is 115 Å². The average Bonchev–Trinajstić information content (AvgIpc) is 2.86. The molecule has 0 aromatic heterocycles. The second-order valence-corrected chi connectivity index (χ2v) is 3.89. The summed E-state index contributed by atoms with van der Waals surface area (Å²) < 4.78 is 15.1. The summed E-state index contributed by atoms with van der Waals surface area (Å²) in [5, 5.41) is 17.0. The number of nitrogens with zero attached hydrogens (tertiary/aromatic N) is 2. The minimum Gasteiger partial charge on any atom is -0.510 e. The van der Waals surface area contributed by atoms with E-state index in [0.717, 1.165) is 0 Å². The maximum absolute atomic E-state index is 11.6. The first kappa shape index (κ1) is 13.9. The van der Waals surface area contributed by atoms with Crippen LogP contribution in [0.25, 0.3) is 0 Å². The van der Waals surface area contributed by atoms with Gasteiger partial charge in [0.2, 0.25) is 12.5 Å². The Kier molecular flexibility index (Phi) is 4.19. The van der Waals surface area contributed by atoms with Gasteiger partial charge in [0.1, 0.15) is 5.76 Å². The minimum atomic E-state index is -0.725. The van der Waals surface area contributed by atoms with Crippen LogP contribution in [-0.4, -0.2) is 24.5 Å². The van der Waals surface area contributed by atoms with E-state index in [9.17, 15) is 9.90 Å². The lowest BCUT2D eigenvalue weighted by Crippen LogP contribution is -2.07. The van der Waals surface area contributed by atoms with Crippen molar-refractivity contribution >= 4 is 11.7 Å². The zero-order valence-electron chi connectivity index (χ0n) is 11.1. The number of ether oxygens (including phenoxy) is 3. The van der Waals surface area contributed by atoms with E-state index in [-0.39, 0.29) is 24.9 Å². The van der Waals surface area contributed by atoms with E-state index in [0.29, 0.717) is 17.2 Å². The fourth-order valence-electron chi connectivity index (χ4n) is 1.52. The summed E-state index contributed by atoms with van der Waals surface area (Å²) in [6, 6.07) is 4.98. The van der Waals surface area contributed by atoms with Crippen LogP contribution >= 0.6 is 0 Å². The molecule has 0 atom stereocenters. The predicted molar refractivity (Wildman–Crippen MR) is 69.0 cm³/mol. The van der Waals surface area contributed by atoms with Gasteiger partial charge in [0, 0.05) is 6.07 Å². The molecule has 1 aromatic rings. The lowest BCUT2D eigenvalue weighted by atomic mass is 10.3. The molecule has 0 fully saturated rings. The van der Waals surface area contributed by atoms with Gasteiger partial charge in [-0.1, -0.05) is 0 Å². The molecular formula is C13H14N2O5. The molecule has 0 bridgehead atoms. The van der Waals surface area contributed by atoms with Crippen LogP contribution in [0.2, 0.25) is 0 Å². The van der Waals surface area contributed by atoms with E-state index in [2.05, 4.69) is 10.2 Å². The van der Waals surface area contributed by atoms with Gasteiger partial charge in [0.25, 0.3) is 0 Å². The van der Waals surface area contributed by atoms with E-state index in [1.807, 2.05) is 0 Å². The van der Waals surface area contributed by atoms with E-state index in [1.165, 1.54) is 6.92 Å². The van der Waals surface area contributed by atoms with Crippen LogP contribution in [0.5, 0.6) is 11.5 Å². The van der Waals surface area contributed by atoms with Crippen LogP contribution < -0.4 is 9.47 Å². The van der Waals surface area contributed by atoms with Crippen LogP contribution in [-0.2, 0) is 9.53 Å². The number of hydrogen-bond donors (Lipinski definition) is 1. The Morgan fingerprint density at radius 1 is 1.40 bits per heavy atom. The molecule has 7 nitrogen and oxygen atoms in total. The van der Waals surface area contributed by atoms with Crippen molar-refractivity contribution in [3.8, 4) is 11.5 Å². The Bertz CT molecular complexity index is 576. The molecule has 1 heterocycles. The van der Waals surface area contributed by atoms with Gasteiger partial charge in [-0.25, -0.2) is 4.79 Å². The highest BCUT2D eigenvalue weighted by Crippen LogP contribution is 2.35. The highest BCUT2D eigenvalue weighted by atomic mass is 16.7. The van der Waals surface area contributed by atoms with E-state index >= 15 is 0 Å². The highest BCUT2D eigenvalue weighted by Gasteiger charge is 2.15. The smallest absolute Gasteiger partial charge is 0.362 e. The summed E-state index contributed by atoms with van der Waals surface area (Å²) in [7, 11) is 0. The molecule has 2 rings (SSSR count). The maximum atomic E-state index is 11.6. The van der Waals surface area contributed by atoms with Gasteiger partial charge in [-0.2, -0.15) is 5.11 Å². The molecule has 0 saturated heterocycles. The SMILES string of the molecule is CCOC(=O)C(N=Nc1ccc2c(c1)OCO2)=C(C)O. The molecule has 0 aliphatic carbocycles. The molecule has 1 N–H and O–H groups in total. The van der Waals surface area contributed by atoms with Gasteiger partial charge in [0.15, 0.2) is 11.5 Å². The van der Waals surface area contributed by atoms with Crippen LogP contribution in [0, 0.1) is 0 Å². The molecule has 1 aliphatic heterocycles. The summed E-state index contributed by atoms with van der Waals surface area (Å²) in [6.45, 7) is 3.36. The van der Waals surface area contributed by atoms with Crippen molar-refractivity contribution in [1.29, 1.82) is 0 Å². The first-order chi connectivity index (χ1) is 9.61. The van der Waals surface area contributed by atoms with Crippen molar-refractivity contribution in [3.63, 3.8) is 0 Å². The second-order valence-electron chi connectivity index (χ2n) is 3.89. The van der Waals surface area contributed by atoms with Crippen molar-refractivity contribution in [1.82, 2.24) is 0 Å². The van der Waals surface area contributed by atoms with Crippen molar-refractivity contribution in [2.75, 3.05) is 13.4 Å². The molecule has 7 heteroatoms. The van der Waals surface area contributed by atoms with E-state index < -0.39 is 5.97 Å². The predicted octanol–water partition coefficient (Wildman–Crippen LogP) is 2.85. The lowest BCUT2D eigenvalue weighted by molar-refractivity contribution is -0.138. The largest absolute Gasteiger partial charge is 0.510 e. The number of hydrogen-bond acceptors (Lipinski definition) is 7. The number of benzene rings is 1. The number of allylic oxidation sites excluding steroid dienone is 1. The van der Waals surface area contributed by atoms with Crippen LogP contribution in [0.15, 0.2) is 39.9 Å². The third-order valence-corrected chi connectivity index (χ3v) is 2.43. The van der Waals surface area contributed by atoms with Gasteiger partial charge in [-0.15, -0.1) is 5.11 Å². The van der Waals surface area contributed by atoms with Crippen LogP contribution in [0.4, 0.5) is 5.69 Å². The standard InChI is InChI=1S/C13H14N2O5/c1-3-18-13(17)12(8(2)16)15-14-9-4-5-10-11(6-9)20-7-19-10/h4-6,16H,3,7H2,1-2H3.